The first-order chi connectivity index (χ1) is 9.72. The highest BCUT2D eigenvalue weighted by molar-refractivity contribution is 5.92. The number of carbonyl (C=O) groups excluding carboxylic acids is 1. The average Bonchev–Trinajstić information content (AvgIpc) is 3.18. The highest BCUT2D eigenvalue weighted by Crippen LogP contribution is 2.39. The van der Waals surface area contributed by atoms with Crippen LogP contribution >= 0.6 is 0 Å². The summed E-state index contributed by atoms with van der Waals surface area (Å²) in [4.78, 5) is 14.1. The monoisotopic (exact) mass is 279 g/mol. The predicted octanol–water partition coefficient (Wildman–Crippen LogP) is 1.07. The molecule has 1 amide bonds. The minimum absolute atomic E-state index is 0.0170. The van der Waals surface area contributed by atoms with Crippen molar-refractivity contribution in [1.29, 1.82) is 0 Å². The summed E-state index contributed by atoms with van der Waals surface area (Å²) in [7, 11) is 1.73. The summed E-state index contributed by atoms with van der Waals surface area (Å²) in [5.41, 5.74) is 0.421. The van der Waals surface area contributed by atoms with Gasteiger partial charge in [-0.1, -0.05) is 0 Å². The molecule has 0 bridgehead atoms. The number of methoxy groups -OCH3 is 1. The Morgan fingerprint density at radius 1 is 1.70 bits per heavy atom. The van der Waals surface area contributed by atoms with Gasteiger partial charge in [-0.3, -0.25) is 9.89 Å². The Balaban J connectivity index is 1.58. The average molecular weight is 279 g/mol. The van der Waals surface area contributed by atoms with Crippen LogP contribution in [-0.2, 0) is 9.47 Å². The van der Waals surface area contributed by atoms with E-state index in [1.54, 1.807) is 19.4 Å². The summed E-state index contributed by atoms with van der Waals surface area (Å²) in [5, 5.41) is 6.56. The Morgan fingerprint density at radius 3 is 3.35 bits per heavy atom. The molecule has 20 heavy (non-hydrogen) atoms. The largest absolute Gasteiger partial charge is 0.385 e. The summed E-state index contributed by atoms with van der Waals surface area (Å²) in [5.74, 6) is 0.570. The van der Waals surface area contributed by atoms with Gasteiger partial charge in [0.15, 0.2) is 0 Å². The van der Waals surface area contributed by atoms with Crippen molar-refractivity contribution in [3.05, 3.63) is 18.0 Å². The summed E-state index contributed by atoms with van der Waals surface area (Å²) in [6.07, 6.45) is 4.60. The predicted molar refractivity (Wildman–Crippen MR) is 72.4 cm³/mol. The molecule has 0 saturated carbocycles. The van der Waals surface area contributed by atoms with Gasteiger partial charge in [0.1, 0.15) is 5.69 Å². The van der Waals surface area contributed by atoms with E-state index in [-0.39, 0.29) is 11.5 Å². The van der Waals surface area contributed by atoms with Crippen molar-refractivity contribution in [2.75, 3.05) is 33.4 Å². The molecule has 110 valence electrons. The minimum Gasteiger partial charge on any atom is -0.385 e. The lowest BCUT2D eigenvalue weighted by Gasteiger charge is -2.23. The van der Waals surface area contributed by atoms with Gasteiger partial charge in [0.2, 0.25) is 0 Å². The fourth-order valence-corrected chi connectivity index (χ4v) is 3.26. The van der Waals surface area contributed by atoms with Crippen molar-refractivity contribution in [2.45, 2.75) is 24.9 Å². The molecule has 1 aromatic rings. The van der Waals surface area contributed by atoms with E-state index >= 15 is 0 Å². The first kappa shape index (κ1) is 13.6. The zero-order valence-electron chi connectivity index (χ0n) is 11.8. The normalized spacial score (nSPS) is 29.4. The van der Waals surface area contributed by atoms with Gasteiger partial charge in [-0.05, 0) is 31.2 Å². The highest BCUT2D eigenvalue weighted by Gasteiger charge is 2.46. The van der Waals surface area contributed by atoms with Gasteiger partial charge in [0, 0.05) is 26.5 Å². The number of carbonyl (C=O) groups is 1. The van der Waals surface area contributed by atoms with Gasteiger partial charge in [-0.15, -0.1) is 0 Å². The summed E-state index contributed by atoms with van der Waals surface area (Å²) in [6, 6.07) is 1.71. The Morgan fingerprint density at radius 2 is 2.60 bits per heavy atom. The lowest BCUT2D eigenvalue weighted by Crippen LogP contribution is -2.36. The number of aromatic amines is 1. The molecule has 2 fully saturated rings. The number of hydrogen-bond acceptors (Lipinski definition) is 4. The molecule has 3 rings (SSSR count). The third kappa shape index (κ3) is 2.58. The van der Waals surface area contributed by atoms with Crippen LogP contribution in [0, 0.1) is 5.92 Å². The zero-order valence-corrected chi connectivity index (χ0v) is 11.8. The molecule has 3 heterocycles. The number of nitrogens with zero attached hydrogens (tertiary/aromatic N) is 2. The molecule has 0 aliphatic carbocycles. The van der Waals surface area contributed by atoms with E-state index in [1.807, 2.05) is 4.90 Å². The quantitative estimate of drug-likeness (QED) is 0.895. The lowest BCUT2D eigenvalue weighted by atomic mass is 9.92. The summed E-state index contributed by atoms with van der Waals surface area (Å²) < 4.78 is 11.2. The second-order valence-corrected chi connectivity index (χ2v) is 5.79. The van der Waals surface area contributed by atoms with Crippen molar-refractivity contribution in [3.63, 3.8) is 0 Å². The van der Waals surface area contributed by atoms with Crippen LogP contribution in [0.2, 0.25) is 0 Å². The number of H-pyrrole nitrogens is 1. The Hall–Kier alpha value is -1.40. The van der Waals surface area contributed by atoms with Crippen molar-refractivity contribution < 1.29 is 14.3 Å². The van der Waals surface area contributed by atoms with Gasteiger partial charge >= 0.3 is 0 Å². The van der Waals surface area contributed by atoms with E-state index in [2.05, 4.69) is 10.2 Å². The van der Waals surface area contributed by atoms with Crippen LogP contribution in [0.1, 0.15) is 29.8 Å². The Bertz CT molecular complexity index is 462. The number of amides is 1. The topological polar surface area (TPSA) is 67.5 Å². The van der Waals surface area contributed by atoms with Gasteiger partial charge in [0.05, 0.1) is 18.8 Å². The molecule has 0 radical (unpaired) electrons. The molecule has 2 saturated heterocycles. The van der Waals surface area contributed by atoms with Crippen LogP contribution in [0.3, 0.4) is 0 Å². The SMILES string of the molecule is COCCC1COC2(CCN(C(=O)c3ccn[nH]3)C2)C1. The maximum Gasteiger partial charge on any atom is 0.271 e. The molecule has 0 aromatic carbocycles. The van der Waals surface area contributed by atoms with Crippen LogP contribution < -0.4 is 0 Å². The van der Waals surface area contributed by atoms with Crippen molar-refractivity contribution >= 4 is 5.91 Å². The highest BCUT2D eigenvalue weighted by atomic mass is 16.5. The molecule has 2 aliphatic heterocycles. The molecule has 1 aromatic heterocycles. The van der Waals surface area contributed by atoms with Gasteiger partial charge in [-0.2, -0.15) is 5.10 Å². The van der Waals surface area contributed by atoms with Crippen LogP contribution in [0.4, 0.5) is 0 Å². The van der Waals surface area contributed by atoms with E-state index in [4.69, 9.17) is 9.47 Å². The first-order valence-corrected chi connectivity index (χ1v) is 7.14. The van der Waals surface area contributed by atoms with Crippen LogP contribution in [0.5, 0.6) is 0 Å². The first-order valence-electron chi connectivity index (χ1n) is 7.14. The lowest BCUT2D eigenvalue weighted by molar-refractivity contribution is 0.0112. The van der Waals surface area contributed by atoms with Crippen molar-refractivity contribution in [3.8, 4) is 0 Å². The summed E-state index contributed by atoms with van der Waals surface area (Å²) >= 11 is 0. The van der Waals surface area contributed by atoms with Crippen molar-refractivity contribution in [2.24, 2.45) is 5.92 Å². The molecule has 1 N–H and O–H groups in total. The van der Waals surface area contributed by atoms with Gasteiger partial charge in [-0.25, -0.2) is 0 Å². The molecule has 2 unspecified atom stereocenters. The molecule has 6 nitrogen and oxygen atoms in total. The number of aromatic nitrogens is 2. The zero-order chi connectivity index (χ0) is 14.0. The van der Waals surface area contributed by atoms with E-state index in [0.29, 0.717) is 18.2 Å². The summed E-state index contributed by atoms with van der Waals surface area (Å²) in [6.45, 7) is 3.01. The molecule has 2 aliphatic rings. The van der Waals surface area contributed by atoms with Crippen molar-refractivity contribution in [1.82, 2.24) is 15.1 Å². The van der Waals surface area contributed by atoms with E-state index in [0.717, 1.165) is 39.0 Å². The molecule has 6 heteroatoms. The standard InChI is InChI=1S/C14H21N3O3/c1-19-7-3-11-8-14(20-9-11)4-6-17(10-14)13(18)12-2-5-15-16-12/h2,5,11H,3-4,6-10H2,1H3,(H,15,16). The third-order valence-corrected chi connectivity index (χ3v) is 4.35. The molecule has 2 atom stereocenters. The van der Waals surface area contributed by atoms with Crippen LogP contribution in [0.15, 0.2) is 12.3 Å². The maximum atomic E-state index is 12.3. The van der Waals surface area contributed by atoms with Gasteiger partial charge < -0.3 is 14.4 Å². The van der Waals surface area contributed by atoms with E-state index in [1.165, 1.54) is 0 Å². The number of likely N-dealkylation sites (tertiary alicyclic amines) is 1. The third-order valence-electron chi connectivity index (χ3n) is 4.35. The smallest absolute Gasteiger partial charge is 0.271 e. The Kier molecular flexibility index (Phi) is 3.76. The number of nitrogens with one attached hydrogen (secondary N) is 1. The van der Waals surface area contributed by atoms with E-state index in [9.17, 15) is 4.79 Å². The van der Waals surface area contributed by atoms with Crippen LogP contribution in [-0.4, -0.2) is 60.0 Å². The Labute approximate surface area is 118 Å². The van der Waals surface area contributed by atoms with Gasteiger partial charge in [0.25, 0.3) is 5.91 Å². The second kappa shape index (κ2) is 5.54. The molecular weight excluding hydrogens is 258 g/mol. The fraction of sp³-hybridized carbons (Fsp3) is 0.714. The number of hydrogen-bond donors (Lipinski definition) is 1. The number of rotatable bonds is 4. The maximum absolute atomic E-state index is 12.3. The second-order valence-electron chi connectivity index (χ2n) is 5.79. The van der Waals surface area contributed by atoms with E-state index < -0.39 is 0 Å². The fourth-order valence-electron chi connectivity index (χ4n) is 3.26. The minimum atomic E-state index is -0.131. The van der Waals surface area contributed by atoms with Crippen LogP contribution in [0.25, 0.3) is 0 Å². The number of ether oxygens (including phenoxy) is 2. The molecule has 1 spiro atoms. The molecular formula is C14H21N3O3.